The van der Waals surface area contributed by atoms with Crippen LogP contribution in [0, 0.1) is 0 Å². The summed E-state index contributed by atoms with van der Waals surface area (Å²) < 4.78 is 10.1. The lowest BCUT2D eigenvalue weighted by molar-refractivity contribution is -0.114. The number of amides is 1. The molecule has 5 nitrogen and oxygen atoms in total. The summed E-state index contributed by atoms with van der Waals surface area (Å²) in [4.78, 5) is 27.5. The molecule has 1 amide bonds. The van der Waals surface area contributed by atoms with Gasteiger partial charge in [0.2, 0.25) is 0 Å². The van der Waals surface area contributed by atoms with Crippen molar-refractivity contribution in [2.24, 2.45) is 0 Å². The summed E-state index contributed by atoms with van der Waals surface area (Å²) in [6.45, 7) is 0. The van der Waals surface area contributed by atoms with Crippen molar-refractivity contribution in [3.05, 3.63) is 58.5 Å². The standard InChI is InChI=1S/C19H17NO4S/c1-20-14-10-13(19(22)24-3)8-9-16(14)25-17(18(20)21)11-12-6-4-5-7-15(12)23-2/h4-11H,1-3H3/b17-11-. The lowest BCUT2D eigenvalue weighted by Gasteiger charge is -2.27. The molecule has 0 saturated heterocycles. The molecule has 0 unspecified atom stereocenters. The van der Waals surface area contributed by atoms with Crippen molar-refractivity contribution in [1.29, 1.82) is 0 Å². The van der Waals surface area contributed by atoms with Crippen molar-refractivity contribution in [2.45, 2.75) is 4.90 Å². The van der Waals surface area contributed by atoms with Crippen molar-refractivity contribution in [3.63, 3.8) is 0 Å². The predicted octanol–water partition coefficient (Wildman–Crippen LogP) is 3.59. The third kappa shape index (κ3) is 3.25. The second-order valence-corrected chi connectivity index (χ2v) is 6.47. The Labute approximate surface area is 150 Å². The largest absolute Gasteiger partial charge is 0.496 e. The summed E-state index contributed by atoms with van der Waals surface area (Å²) in [6.07, 6.45) is 1.82. The van der Waals surface area contributed by atoms with E-state index in [0.717, 1.165) is 10.5 Å². The number of carbonyl (C=O) groups excluding carboxylic acids is 2. The average molecular weight is 355 g/mol. The monoisotopic (exact) mass is 355 g/mol. The topological polar surface area (TPSA) is 55.8 Å². The first-order valence-corrected chi connectivity index (χ1v) is 8.39. The number of ether oxygens (including phenoxy) is 2. The SMILES string of the molecule is COC(=O)c1ccc2c(c1)N(C)C(=O)/C(=C/c1ccccc1OC)S2. The summed E-state index contributed by atoms with van der Waals surface area (Å²) in [6, 6.07) is 12.7. The summed E-state index contributed by atoms with van der Waals surface area (Å²) >= 11 is 1.37. The highest BCUT2D eigenvalue weighted by atomic mass is 32.2. The van der Waals surface area contributed by atoms with E-state index in [1.807, 2.05) is 36.4 Å². The minimum atomic E-state index is -0.427. The zero-order chi connectivity index (χ0) is 18.0. The van der Waals surface area contributed by atoms with Gasteiger partial charge in [0.25, 0.3) is 5.91 Å². The Hall–Kier alpha value is -2.73. The minimum absolute atomic E-state index is 0.134. The Morgan fingerprint density at radius 2 is 1.92 bits per heavy atom. The van der Waals surface area contributed by atoms with Gasteiger partial charge in [-0.05, 0) is 30.3 Å². The van der Waals surface area contributed by atoms with Crippen LogP contribution in [-0.2, 0) is 9.53 Å². The van der Waals surface area contributed by atoms with E-state index in [0.29, 0.717) is 21.9 Å². The number of esters is 1. The Bertz CT molecular complexity index is 875. The second kappa shape index (κ2) is 7.03. The molecular formula is C19H17NO4S. The zero-order valence-electron chi connectivity index (χ0n) is 14.1. The highest BCUT2D eigenvalue weighted by Crippen LogP contribution is 2.42. The van der Waals surface area contributed by atoms with Crippen LogP contribution in [0.5, 0.6) is 5.75 Å². The summed E-state index contributed by atoms with van der Waals surface area (Å²) in [5.41, 5.74) is 1.94. The highest BCUT2D eigenvalue weighted by molar-refractivity contribution is 8.04. The van der Waals surface area contributed by atoms with Crippen LogP contribution in [0.4, 0.5) is 5.69 Å². The molecule has 0 bridgehead atoms. The molecular weight excluding hydrogens is 338 g/mol. The maximum atomic E-state index is 12.7. The molecule has 6 heteroatoms. The van der Waals surface area contributed by atoms with Crippen molar-refractivity contribution >= 4 is 35.4 Å². The predicted molar refractivity (Wildman–Crippen MR) is 98.0 cm³/mol. The molecule has 128 valence electrons. The average Bonchev–Trinajstić information content (AvgIpc) is 2.65. The van der Waals surface area contributed by atoms with E-state index in [1.54, 1.807) is 31.2 Å². The number of likely N-dealkylation sites (N-methyl/N-ethyl adjacent to an activating group) is 1. The second-order valence-electron chi connectivity index (χ2n) is 5.39. The van der Waals surface area contributed by atoms with Gasteiger partial charge in [0.1, 0.15) is 5.75 Å². The molecule has 0 spiro atoms. The number of benzene rings is 2. The first-order valence-electron chi connectivity index (χ1n) is 7.58. The van der Waals surface area contributed by atoms with E-state index >= 15 is 0 Å². The number of rotatable bonds is 3. The molecule has 25 heavy (non-hydrogen) atoms. The van der Waals surface area contributed by atoms with Crippen LogP contribution >= 0.6 is 11.8 Å². The fourth-order valence-electron chi connectivity index (χ4n) is 2.57. The Morgan fingerprint density at radius 1 is 1.16 bits per heavy atom. The van der Waals surface area contributed by atoms with E-state index in [4.69, 9.17) is 9.47 Å². The number of nitrogens with zero attached hydrogens (tertiary/aromatic N) is 1. The molecule has 0 radical (unpaired) electrons. The van der Waals surface area contributed by atoms with E-state index in [-0.39, 0.29) is 5.91 Å². The number of hydrogen-bond acceptors (Lipinski definition) is 5. The first-order chi connectivity index (χ1) is 12.0. The van der Waals surface area contributed by atoms with Gasteiger partial charge in [-0.15, -0.1) is 0 Å². The van der Waals surface area contributed by atoms with Crippen LogP contribution < -0.4 is 9.64 Å². The fraction of sp³-hybridized carbons (Fsp3) is 0.158. The van der Waals surface area contributed by atoms with E-state index < -0.39 is 5.97 Å². The third-order valence-electron chi connectivity index (χ3n) is 3.90. The van der Waals surface area contributed by atoms with Crippen molar-refractivity contribution < 1.29 is 19.1 Å². The van der Waals surface area contributed by atoms with E-state index in [1.165, 1.54) is 18.9 Å². The third-order valence-corrected chi connectivity index (χ3v) is 4.98. The van der Waals surface area contributed by atoms with Gasteiger partial charge in [-0.1, -0.05) is 30.0 Å². The van der Waals surface area contributed by atoms with Crippen LogP contribution in [0.2, 0.25) is 0 Å². The van der Waals surface area contributed by atoms with E-state index in [9.17, 15) is 9.59 Å². The van der Waals surface area contributed by atoms with Crippen LogP contribution in [0.25, 0.3) is 6.08 Å². The van der Waals surface area contributed by atoms with Gasteiger partial charge in [0.05, 0.1) is 30.4 Å². The number of anilines is 1. The maximum Gasteiger partial charge on any atom is 0.337 e. The summed E-state index contributed by atoms with van der Waals surface area (Å²) in [7, 11) is 4.63. The first kappa shape index (κ1) is 17.1. The lowest BCUT2D eigenvalue weighted by Crippen LogP contribution is -2.30. The Morgan fingerprint density at radius 3 is 2.64 bits per heavy atom. The smallest absolute Gasteiger partial charge is 0.337 e. The van der Waals surface area contributed by atoms with Gasteiger partial charge < -0.3 is 14.4 Å². The molecule has 0 N–H and O–H groups in total. The van der Waals surface area contributed by atoms with Gasteiger partial charge in [0, 0.05) is 17.5 Å². The van der Waals surface area contributed by atoms with Crippen LogP contribution in [0.15, 0.2) is 52.3 Å². The molecule has 0 aromatic heterocycles. The normalized spacial score (nSPS) is 15.1. The zero-order valence-corrected chi connectivity index (χ0v) is 14.9. The van der Waals surface area contributed by atoms with Gasteiger partial charge in [-0.25, -0.2) is 4.79 Å². The molecule has 1 heterocycles. The molecule has 0 aliphatic carbocycles. The number of thioether (sulfide) groups is 1. The Balaban J connectivity index is 2.01. The van der Waals surface area contributed by atoms with Gasteiger partial charge in [-0.3, -0.25) is 4.79 Å². The van der Waals surface area contributed by atoms with Crippen molar-refractivity contribution in [1.82, 2.24) is 0 Å². The number of hydrogen-bond donors (Lipinski definition) is 0. The Kier molecular flexibility index (Phi) is 4.81. The summed E-state index contributed by atoms with van der Waals surface area (Å²) in [5.74, 6) is 0.146. The molecule has 0 fully saturated rings. The molecule has 1 aliphatic rings. The quantitative estimate of drug-likeness (QED) is 0.622. The van der Waals surface area contributed by atoms with Crippen LogP contribution in [0.1, 0.15) is 15.9 Å². The number of fused-ring (bicyclic) bond motifs is 1. The fourth-order valence-corrected chi connectivity index (χ4v) is 3.65. The molecule has 3 rings (SSSR count). The molecule has 1 aliphatic heterocycles. The minimum Gasteiger partial charge on any atom is -0.496 e. The number of carbonyl (C=O) groups is 2. The maximum absolute atomic E-state index is 12.7. The van der Waals surface area contributed by atoms with Crippen LogP contribution in [0.3, 0.4) is 0 Å². The van der Waals surface area contributed by atoms with Gasteiger partial charge in [0.15, 0.2) is 0 Å². The van der Waals surface area contributed by atoms with Crippen LogP contribution in [-0.4, -0.2) is 33.1 Å². The van der Waals surface area contributed by atoms with Crippen molar-refractivity contribution in [3.8, 4) is 5.75 Å². The molecule has 0 atom stereocenters. The summed E-state index contributed by atoms with van der Waals surface area (Å²) in [5, 5.41) is 0. The molecule has 2 aromatic rings. The molecule has 2 aromatic carbocycles. The molecule has 0 saturated carbocycles. The lowest BCUT2D eigenvalue weighted by atomic mass is 10.1. The number of para-hydroxylation sites is 1. The highest BCUT2D eigenvalue weighted by Gasteiger charge is 2.27. The van der Waals surface area contributed by atoms with Gasteiger partial charge >= 0.3 is 5.97 Å². The van der Waals surface area contributed by atoms with Crippen molar-refractivity contribution in [2.75, 3.05) is 26.2 Å². The van der Waals surface area contributed by atoms with E-state index in [2.05, 4.69) is 0 Å². The van der Waals surface area contributed by atoms with Gasteiger partial charge in [-0.2, -0.15) is 0 Å². The number of methoxy groups -OCH3 is 2.